The van der Waals surface area contributed by atoms with Crippen molar-refractivity contribution in [3.8, 4) is 0 Å². The van der Waals surface area contributed by atoms with Gasteiger partial charge in [0.2, 0.25) is 0 Å². The number of pyridine rings is 1. The van der Waals surface area contributed by atoms with Crippen molar-refractivity contribution in [1.29, 1.82) is 0 Å². The lowest BCUT2D eigenvalue weighted by molar-refractivity contribution is -0.00702. The summed E-state index contributed by atoms with van der Waals surface area (Å²) in [4.78, 5) is 4.76. The normalized spacial score (nSPS) is 23.1. The first-order valence-corrected chi connectivity index (χ1v) is 8.99. The lowest BCUT2D eigenvalue weighted by atomic mass is 9.89. The Labute approximate surface area is 134 Å². The molecule has 0 radical (unpaired) electrons. The third-order valence-electron chi connectivity index (χ3n) is 5.26. The van der Waals surface area contributed by atoms with Crippen molar-refractivity contribution in [3.63, 3.8) is 0 Å². The first kappa shape index (κ1) is 15.8. The summed E-state index contributed by atoms with van der Waals surface area (Å²) < 4.78 is 6.11. The Balaban J connectivity index is 1.38. The van der Waals surface area contributed by atoms with E-state index in [4.69, 9.17) is 9.72 Å². The first-order valence-electron chi connectivity index (χ1n) is 8.99. The molecule has 0 bridgehead atoms. The molecule has 1 saturated carbocycles. The lowest BCUT2D eigenvalue weighted by Crippen LogP contribution is -2.26. The molecule has 3 heteroatoms. The molecule has 3 nitrogen and oxygen atoms in total. The number of nitrogens with zero attached hydrogens (tertiary/aromatic N) is 1. The minimum atomic E-state index is 0.381. The summed E-state index contributed by atoms with van der Waals surface area (Å²) in [5, 5.41) is 3.41. The quantitative estimate of drug-likeness (QED) is 0.793. The molecule has 0 amide bonds. The molecule has 0 aromatic carbocycles. The summed E-state index contributed by atoms with van der Waals surface area (Å²) in [6, 6.07) is 4.45. The number of fused-ring (bicyclic) bond motifs is 1. The zero-order valence-corrected chi connectivity index (χ0v) is 14.2. The molecule has 1 aromatic rings. The van der Waals surface area contributed by atoms with Gasteiger partial charge < -0.3 is 10.1 Å². The standard InChI is InChI=1S/C19H30N2O/c1-19(2)12-5-9-17(19)22-14-4-3-8-16-11-10-15-7-6-13-20-18(15)21-16/h10-11,17H,3-9,12-14H2,1-2H3,(H,20,21)/t17-/m1/s1. The predicted molar refractivity (Wildman–Crippen MR) is 91.4 cm³/mol. The summed E-state index contributed by atoms with van der Waals surface area (Å²) in [6.45, 7) is 6.65. The van der Waals surface area contributed by atoms with Crippen molar-refractivity contribution >= 4 is 5.82 Å². The molecule has 1 atom stereocenters. The van der Waals surface area contributed by atoms with Gasteiger partial charge >= 0.3 is 0 Å². The van der Waals surface area contributed by atoms with E-state index >= 15 is 0 Å². The van der Waals surface area contributed by atoms with Crippen LogP contribution in [-0.2, 0) is 17.6 Å². The minimum absolute atomic E-state index is 0.381. The maximum Gasteiger partial charge on any atom is 0.129 e. The Kier molecular flexibility index (Phi) is 5.02. The number of unbranched alkanes of at least 4 members (excludes halogenated alkanes) is 1. The Morgan fingerprint density at radius 2 is 2.18 bits per heavy atom. The van der Waals surface area contributed by atoms with Gasteiger partial charge in [-0.3, -0.25) is 0 Å². The van der Waals surface area contributed by atoms with E-state index in [0.717, 1.165) is 31.8 Å². The molecule has 0 unspecified atom stereocenters. The number of aromatic nitrogens is 1. The van der Waals surface area contributed by atoms with Gasteiger partial charge in [-0.1, -0.05) is 26.3 Å². The van der Waals surface area contributed by atoms with Crippen LogP contribution in [0.2, 0.25) is 0 Å². The zero-order valence-electron chi connectivity index (χ0n) is 14.2. The molecule has 22 heavy (non-hydrogen) atoms. The van der Waals surface area contributed by atoms with Gasteiger partial charge in [-0.15, -0.1) is 0 Å². The highest BCUT2D eigenvalue weighted by Gasteiger charge is 2.34. The summed E-state index contributed by atoms with van der Waals surface area (Å²) in [5.74, 6) is 1.12. The van der Waals surface area contributed by atoms with Gasteiger partial charge in [0.05, 0.1) is 6.10 Å². The van der Waals surface area contributed by atoms with Gasteiger partial charge in [-0.2, -0.15) is 0 Å². The topological polar surface area (TPSA) is 34.1 Å². The molecule has 122 valence electrons. The molecule has 1 aromatic heterocycles. The van der Waals surface area contributed by atoms with Crippen molar-refractivity contribution in [3.05, 3.63) is 23.4 Å². The van der Waals surface area contributed by atoms with Crippen LogP contribution in [0.25, 0.3) is 0 Å². The van der Waals surface area contributed by atoms with Crippen molar-refractivity contribution in [1.82, 2.24) is 4.98 Å². The van der Waals surface area contributed by atoms with Gasteiger partial charge in [0, 0.05) is 18.8 Å². The van der Waals surface area contributed by atoms with Crippen molar-refractivity contribution in [2.75, 3.05) is 18.5 Å². The maximum atomic E-state index is 6.11. The molecule has 2 aliphatic rings. The average Bonchev–Trinajstić information content (AvgIpc) is 2.85. The number of rotatable bonds is 6. The summed E-state index contributed by atoms with van der Waals surface area (Å²) in [7, 11) is 0. The van der Waals surface area contributed by atoms with E-state index in [1.54, 1.807) is 0 Å². The smallest absolute Gasteiger partial charge is 0.129 e. The Hall–Kier alpha value is -1.09. The van der Waals surface area contributed by atoms with Crippen molar-refractivity contribution < 1.29 is 4.74 Å². The van der Waals surface area contributed by atoms with Gasteiger partial charge in [0.1, 0.15) is 5.82 Å². The largest absolute Gasteiger partial charge is 0.378 e. The number of aryl methyl sites for hydroxylation is 2. The van der Waals surface area contributed by atoms with E-state index in [0.29, 0.717) is 11.5 Å². The van der Waals surface area contributed by atoms with E-state index in [1.807, 2.05) is 0 Å². The van der Waals surface area contributed by atoms with E-state index in [2.05, 4.69) is 31.3 Å². The molecular weight excluding hydrogens is 272 g/mol. The second kappa shape index (κ2) is 6.99. The fraction of sp³-hybridized carbons (Fsp3) is 0.737. The minimum Gasteiger partial charge on any atom is -0.378 e. The van der Waals surface area contributed by atoms with Crippen LogP contribution in [-0.4, -0.2) is 24.2 Å². The van der Waals surface area contributed by atoms with E-state index in [9.17, 15) is 0 Å². The van der Waals surface area contributed by atoms with Crippen LogP contribution >= 0.6 is 0 Å². The summed E-state index contributed by atoms with van der Waals surface area (Å²) >= 11 is 0. The van der Waals surface area contributed by atoms with Gasteiger partial charge in [-0.05, 0) is 62.0 Å². The van der Waals surface area contributed by atoms with Crippen molar-refractivity contribution in [2.24, 2.45) is 5.41 Å². The Bertz CT molecular complexity index is 498. The molecule has 2 heterocycles. The molecule has 1 aliphatic heterocycles. The molecule has 1 N–H and O–H groups in total. The second-order valence-electron chi connectivity index (χ2n) is 7.54. The summed E-state index contributed by atoms with van der Waals surface area (Å²) in [5.41, 5.74) is 2.97. The van der Waals surface area contributed by atoms with E-state index < -0.39 is 0 Å². The highest BCUT2D eigenvalue weighted by Crippen LogP contribution is 2.39. The van der Waals surface area contributed by atoms with Crippen LogP contribution in [0.5, 0.6) is 0 Å². The number of hydrogen-bond acceptors (Lipinski definition) is 3. The molecule has 1 fully saturated rings. The van der Waals surface area contributed by atoms with Gasteiger partial charge in [0.15, 0.2) is 0 Å². The number of ether oxygens (including phenoxy) is 1. The maximum absolute atomic E-state index is 6.11. The molecular formula is C19H30N2O. The third kappa shape index (κ3) is 3.81. The fourth-order valence-electron chi connectivity index (χ4n) is 3.75. The summed E-state index contributed by atoms with van der Waals surface area (Å²) in [6.07, 6.45) is 10.1. The average molecular weight is 302 g/mol. The van der Waals surface area contributed by atoms with Crippen LogP contribution in [0.15, 0.2) is 12.1 Å². The van der Waals surface area contributed by atoms with Crippen LogP contribution < -0.4 is 5.32 Å². The van der Waals surface area contributed by atoms with Crippen LogP contribution in [0.1, 0.15) is 63.6 Å². The Morgan fingerprint density at radius 1 is 1.27 bits per heavy atom. The highest BCUT2D eigenvalue weighted by atomic mass is 16.5. The monoisotopic (exact) mass is 302 g/mol. The first-order chi connectivity index (χ1) is 10.6. The third-order valence-corrected chi connectivity index (χ3v) is 5.26. The van der Waals surface area contributed by atoms with Crippen LogP contribution in [0.3, 0.4) is 0 Å². The van der Waals surface area contributed by atoms with Gasteiger partial charge in [0.25, 0.3) is 0 Å². The Morgan fingerprint density at radius 3 is 3.00 bits per heavy atom. The van der Waals surface area contributed by atoms with Crippen LogP contribution in [0, 0.1) is 5.41 Å². The predicted octanol–water partition coefficient (Wildman–Crippen LogP) is 4.36. The number of nitrogens with one attached hydrogen (secondary N) is 1. The molecule has 1 aliphatic carbocycles. The molecule has 0 saturated heterocycles. The van der Waals surface area contributed by atoms with Gasteiger partial charge in [-0.25, -0.2) is 4.98 Å². The van der Waals surface area contributed by atoms with Crippen LogP contribution in [0.4, 0.5) is 5.82 Å². The second-order valence-corrected chi connectivity index (χ2v) is 7.54. The van der Waals surface area contributed by atoms with E-state index in [1.165, 1.54) is 49.8 Å². The number of anilines is 1. The number of hydrogen-bond donors (Lipinski definition) is 1. The van der Waals surface area contributed by atoms with Crippen molar-refractivity contribution in [2.45, 2.75) is 71.3 Å². The van der Waals surface area contributed by atoms with E-state index in [-0.39, 0.29) is 0 Å². The SMILES string of the molecule is CC1(C)CCC[C@H]1OCCCCc1ccc2c(n1)NCCC2. The molecule has 0 spiro atoms. The zero-order chi connectivity index (χ0) is 15.4. The molecule has 3 rings (SSSR count). The highest BCUT2D eigenvalue weighted by molar-refractivity contribution is 5.46. The lowest BCUT2D eigenvalue weighted by Gasteiger charge is -2.27. The fourth-order valence-corrected chi connectivity index (χ4v) is 3.75.